The maximum Gasteiger partial charge on any atom is 0.191 e. The lowest BCUT2D eigenvalue weighted by molar-refractivity contribution is -0.0352. The third-order valence-electron chi connectivity index (χ3n) is 6.09. The van der Waals surface area contributed by atoms with Crippen molar-refractivity contribution in [3.63, 3.8) is 0 Å². The Morgan fingerprint density at radius 1 is 1.11 bits per heavy atom. The number of benzene rings is 1. The summed E-state index contributed by atoms with van der Waals surface area (Å²) in [5.74, 6) is 0.855. The summed E-state index contributed by atoms with van der Waals surface area (Å²) >= 11 is 0. The minimum absolute atomic E-state index is 0.0514. The van der Waals surface area contributed by atoms with Gasteiger partial charge in [-0.3, -0.25) is 4.90 Å². The van der Waals surface area contributed by atoms with E-state index in [0.29, 0.717) is 6.54 Å². The average molecular weight is 389 g/mol. The van der Waals surface area contributed by atoms with Crippen molar-refractivity contribution in [3.8, 4) is 0 Å². The van der Waals surface area contributed by atoms with E-state index in [0.717, 1.165) is 56.5 Å². The molecular formula is C22H36N4O2. The molecule has 156 valence electrons. The topological polar surface area (TPSA) is 69.1 Å². The van der Waals surface area contributed by atoms with Crippen LogP contribution >= 0.6 is 0 Å². The zero-order valence-electron chi connectivity index (χ0n) is 17.3. The van der Waals surface area contributed by atoms with E-state index in [9.17, 15) is 5.11 Å². The summed E-state index contributed by atoms with van der Waals surface area (Å²) in [6.45, 7) is 8.20. The maximum atomic E-state index is 9.54. The second kappa shape index (κ2) is 10.8. The molecule has 2 aliphatic rings. The van der Waals surface area contributed by atoms with Crippen LogP contribution < -0.4 is 10.6 Å². The Balaban J connectivity index is 1.67. The van der Waals surface area contributed by atoms with Crippen LogP contribution in [0.15, 0.2) is 29.3 Å². The van der Waals surface area contributed by atoms with Gasteiger partial charge >= 0.3 is 0 Å². The first-order chi connectivity index (χ1) is 13.8. The van der Waals surface area contributed by atoms with E-state index in [1.165, 1.54) is 32.1 Å². The summed E-state index contributed by atoms with van der Waals surface area (Å²) in [5.41, 5.74) is 2.23. The van der Waals surface area contributed by atoms with Gasteiger partial charge in [-0.1, -0.05) is 43.5 Å². The third-order valence-corrected chi connectivity index (χ3v) is 6.09. The standard InChI is InChI=1S/C22H36N4O2/c1-2-23-21(24-16-19-8-4-5-9-20(19)17-27)25-18-22(10-6-3-7-11-22)26-12-14-28-15-13-26/h4-5,8-9,27H,2-3,6-7,10-18H2,1H3,(H2,23,24,25). The first-order valence-electron chi connectivity index (χ1n) is 10.8. The summed E-state index contributed by atoms with van der Waals surface area (Å²) in [6.07, 6.45) is 6.44. The van der Waals surface area contributed by atoms with Gasteiger partial charge in [0.15, 0.2) is 5.96 Å². The summed E-state index contributed by atoms with van der Waals surface area (Å²) in [7, 11) is 0. The Morgan fingerprint density at radius 3 is 2.50 bits per heavy atom. The fraction of sp³-hybridized carbons (Fsp3) is 0.682. The zero-order valence-corrected chi connectivity index (χ0v) is 17.3. The number of nitrogens with one attached hydrogen (secondary N) is 2. The lowest BCUT2D eigenvalue weighted by Gasteiger charge is -2.48. The quantitative estimate of drug-likeness (QED) is 0.494. The van der Waals surface area contributed by atoms with Gasteiger partial charge in [-0.15, -0.1) is 0 Å². The number of aliphatic hydroxyl groups is 1. The molecule has 1 aromatic carbocycles. The largest absolute Gasteiger partial charge is 0.392 e. The van der Waals surface area contributed by atoms with Crippen LogP contribution in [-0.2, 0) is 17.9 Å². The van der Waals surface area contributed by atoms with Crippen LogP contribution in [0, 0.1) is 0 Å². The lowest BCUT2D eigenvalue weighted by atomic mass is 9.80. The molecule has 1 heterocycles. The molecule has 2 fully saturated rings. The monoisotopic (exact) mass is 388 g/mol. The van der Waals surface area contributed by atoms with Crippen LogP contribution in [0.4, 0.5) is 0 Å². The van der Waals surface area contributed by atoms with Crippen LogP contribution in [-0.4, -0.2) is 60.9 Å². The molecule has 0 aromatic heterocycles. The molecule has 0 bridgehead atoms. The van der Waals surface area contributed by atoms with Crippen molar-refractivity contribution in [2.75, 3.05) is 39.4 Å². The average Bonchev–Trinajstić information content (AvgIpc) is 2.77. The Labute approximate surface area is 169 Å². The van der Waals surface area contributed by atoms with E-state index >= 15 is 0 Å². The fourth-order valence-electron chi connectivity index (χ4n) is 4.47. The van der Waals surface area contributed by atoms with E-state index in [4.69, 9.17) is 9.73 Å². The van der Waals surface area contributed by atoms with Gasteiger partial charge < -0.3 is 20.5 Å². The molecule has 3 N–H and O–H groups in total. The molecule has 1 aliphatic carbocycles. The van der Waals surface area contributed by atoms with E-state index in [2.05, 4.69) is 22.5 Å². The molecular weight excluding hydrogens is 352 g/mol. The van der Waals surface area contributed by atoms with Gasteiger partial charge in [0.25, 0.3) is 0 Å². The highest BCUT2D eigenvalue weighted by molar-refractivity contribution is 5.79. The molecule has 0 atom stereocenters. The number of hydrogen-bond acceptors (Lipinski definition) is 4. The highest BCUT2D eigenvalue weighted by Crippen LogP contribution is 2.33. The summed E-state index contributed by atoms with van der Waals surface area (Å²) in [5, 5.41) is 16.6. The molecule has 1 saturated heterocycles. The SMILES string of the molecule is CCNC(=NCc1ccccc1CO)NCC1(N2CCOCC2)CCCCC1. The van der Waals surface area contributed by atoms with Crippen LogP contribution in [0.2, 0.25) is 0 Å². The summed E-state index contributed by atoms with van der Waals surface area (Å²) < 4.78 is 5.59. The van der Waals surface area contributed by atoms with Crippen LogP contribution in [0.3, 0.4) is 0 Å². The van der Waals surface area contributed by atoms with Crippen LogP contribution in [0.25, 0.3) is 0 Å². The highest BCUT2D eigenvalue weighted by Gasteiger charge is 2.38. The summed E-state index contributed by atoms with van der Waals surface area (Å²) in [4.78, 5) is 7.44. The number of rotatable bonds is 7. The lowest BCUT2D eigenvalue weighted by Crippen LogP contribution is -2.60. The second-order valence-electron chi connectivity index (χ2n) is 7.86. The van der Waals surface area contributed by atoms with Gasteiger partial charge in [0, 0.05) is 31.7 Å². The minimum Gasteiger partial charge on any atom is -0.392 e. The van der Waals surface area contributed by atoms with E-state index < -0.39 is 0 Å². The van der Waals surface area contributed by atoms with Crippen molar-refractivity contribution >= 4 is 5.96 Å². The van der Waals surface area contributed by atoms with Crippen LogP contribution in [0.5, 0.6) is 0 Å². The fourth-order valence-corrected chi connectivity index (χ4v) is 4.47. The zero-order chi connectivity index (χ0) is 19.7. The number of nitrogens with zero attached hydrogens (tertiary/aromatic N) is 2. The molecule has 1 aromatic rings. The maximum absolute atomic E-state index is 9.54. The number of guanidine groups is 1. The van der Waals surface area contributed by atoms with Crippen molar-refractivity contribution < 1.29 is 9.84 Å². The van der Waals surface area contributed by atoms with Crippen molar-refractivity contribution in [1.82, 2.24) is 15.5 Å². The second-order valence-corrected chi connectivity index (χ2v) is 7.86. The van der Waals surface area contributed by atoms with Gasteiger partial charge in [-0.05, 0) is 30.9 Å². The van der Waals surface area contributed by atoms with Crippen molar-refractivity contribution in [3.05, 3.63) is 35.4 Å². The Hall–Kier alpha value is -1.63. The molecule has 0 spiro atoms. The number of morpholine rings is 1. The predicted octanol–water partition coefficient (Wildman–Crippen LogP) is 2.27. The number of aliphatic imine (C=N–C) groups is 1. The minimum atomic E-state index is 0.0514. The van der Waals surface area contributed by atoms with Gasteiger partial charge in [0.2, 0.25) is 0 Å². The Morgan fingerprint density at radius 2 is 1.82 bits per heavy atom. The predicted molar refractivity (Wildman–Crippen MR) is 113 cm³/mol. The Kier molecular flexibility index (Phi) is 8.13. The van der Waals surface area contributed by atoms with Crippen molar-refractivity contribution in [2.45, 2.75) is 57.7 Å². The van der Waals surface area contributed by atoms with Gasteiger partial charge in [-0.2, -0.15) is 0 Å². The van der Waals surface area contributed by atoms with E-state index in [-0.39, 0.29) is 12.1 Å². The molecule has 28 heavy (non-hydrogen) atoms. The molecule has 6 nitrogen and oxygen atoms in total. The molecule has 0 amide bonds. The normalized spacial score (nSPS) is 20.7. The number of aliphatic hydroxyl groups excluding tert-OH is 1. The molecule has 6 heteroatoms. The first-order valence-corrected chi connectivity index (χ1v) is 10.8. The van der Waals surface area contributed by atoms with E-state index in [1.807, 2.05) is 24.3 Å². The first kappa shape index (κ1) is 21.1. The Bertz CT molecular complexity index is 623. The third kappa shape index (κ3) is 5.46. The number of ether oxygens (including phenoxy) is 1. The van der Waals surface area contributed by atoms with Crippen molar-refractivity contribution in [1.29, 1.82) is 0 Å². The molecule has 3 rings (SSSR count). The number of hydrogen-bond donors (Lipinski definition) is 3. The highest BCUT2D eigenvalue weighted by atomic mass is 16.5. The van der Waals surface area contributed by atoms with Crippen LogP contribution in [0.1, 0.15) is 50.2 Å². The summed E-state index contributed by atoms with van der Waals surface area (Å²) in [6, 6.07) is 7.95. The van der Waals surface area contributed by atoms with Gasteiger partial charge in [-0.25, -0.2) is 4.99 Å². The van der Waals surface area contributed by atoms with Crippen molar-refractivity contribution in [2.24, 2.45) is 4.99 Å². The van der Waals surface area contributed by atoms with Gasteiger partial charge in [0.1, 0.15) is 0 Å². The van der Waals surface area contributed by atoms with Gasteiger partial charge in [0.05, 0.1) is 26.4 Å². The smallest absolute Gasteiger partial charge is 0.191 e. The molecule has 1 aliphatic heterocycles. The van der Waals surface area contributed by atoms with E-state index in [1.54, 1.807) is 0 Å². The molecule has 0 unspecified atom stereocenters. The molecule has 0 radical (unpaired) electrons. The molecule has 1 saturated carbocycles.